The number of phenolic OH excluding ortho intramolecular Hbond substituents is 1. The van der Waals surface area contributed by atoms with Gasteiger partial charge in [-0.15, -0.1) is 0 Å². The lowest BCUT2D eigenvalue weighted by Gasteiger charge is -2.20. The molecule has 2 atom stereocenters. The molecule has 0 aliphatic carbocycles. The first-order valence-corrected chi connectivity index (χ1v) is 13.9. The van der Waals surface area contributed by atoms with Gasteiger partial charge < -0.3 is 42.3 Å². The number of carbonyl (C=O) groups is 3. The number of fused-ring (bicyclic) bond motifs is 1. The number of rotatable bonds is 9. The van der Waals surface area contributed by atoms with Gasteiger partial charge in [-0.05, 0) is 40.3 Å². The fourth-order valence-corrected chi connectivity index (χ4v) is 4.97. The zero-order chi connectivity index (χ0) is 31.2. The highest BCUT2D eigenvalue weighted by Gasteiger charge is 2.20. The van der Waals surface area contributed by atoms with Crippen molar-refractivity contribution in [3.63, 3.8) is 0 Å². The molecule has 0 fully saturated rings. The minimum Gasteiger partial charge on any atom is -0.508 e. The van der Waals surface area contributed by atoms with Crippen LogP contribution in [0.25, 0.3) is 21.9 Å². The van der Waals surface area contributed by atoms with E-state index in [1.54, 1.807) is 12.1 Å². The van der Waals surface area contributed by atoms with Crippen molar-refractivity contribution in [3.05, 3.63) is 90.0 Å². The van der Waals surface area contributed by atoms with E-state index in [2.05, 4.69) is 26.3 Å². The average molecular weight is 597 g/mol. The molecule has 9 N–H and O–H groups in total. The Morgan fingerprint density at radius 3 is 2.45 bits per heavy atom. The highest BCUT2D eigenvalue weighted by molar-refractivity contribution is 6.03. The van der Waals surface area contributed by atoms with E-state index in [1.165, 1.54) is 18.2 Å². The number of nitrogens with one attached hydrogen (secondary N) is 4. The predicted molar refractivity (Wildman–Crippen MR) is 167 cm³/mol. The van der Waals surface area contributed by atoms with E-state index in [0.29, 0.717) is 29.4 Å². The number of nitrogens with zero attached hydrogens (tertiary/aromatic N) is 1. The summed E-state index contributed by atoms with van der Waals surface area (Å²) in [5.74, 6) is -2.11. The summed E-state index contributed by atoms with van der Waals surface area (Å²) in [6.45, 7) is 0.0955. The smallest absolute Gasteiger partial charge is 0.305 e. The molecule has 2 amide bonds. The van der Waals surface area contributed by atoms with Crippen LogP contribution in [0.15, 0.2) is 83.9 Å². The van der Waals surface area contributed by atoms with Gasteiger partial charge in [0.15, 0.2) is 5.96 Å². The minimum atomic E-state index is -1.10. The molecule has 1 heterocycles. The van der Waals surface area contributed by atoms with Gasteiger partial charge in [-0.3, -0.25) is 19.4 Å². The van der Waals surface area contributed by atoms with Gasteiger partial charge in [0, 0.05) is 34.9 Å². The summed E-state index contributed by atoms with van der Waals surface area (Å²) < 4.78 is 0. The van der Waals surface area contributed by atoms with E-state index in [-0.39, 0.29) is 24.3 Å². The standard InChI is InChI=1S/C32H32N6O6/c33-27-10-9-24(25-3-1-2-4-26(25)27)18-5-7-19(8-6-18)28(14-30(42)43)38-29(41)17-34-31(44)20-11-21(13-22(39)12-20)37-32-35-15-23(40)16-36-32/h1-13,23,28,39-40H,14-17,33H2,(H,34,44)(H,38,41)(H,42,43)(H2,35,36,37)/t28-/m0/s1. The number of carbonyl (C=O) groups excluding carboxylic acids is 2. The molecule has 12 heteroatoms. The van der Waals surface area contributed by atoms with Crippen LogP contribution in [0.4, 0.5) is 11.4 Å². The summed E-state index contributed by atoms with van der Waals surface area (Å²) in [5, 5.41) is 42.1. The number of nitrogen functional groups attached to an aromatic ring is 1. The van der Waals surface area contributed by atoms with Crippen molar-refractivity contribution < 1.29 is 29.7 Å². The van der Waals surface area contributed by atoms with Gasteiger partial charge in [0.1, 0.15) is 5.75 Å². The number of aliphatic imine (C=N–C) groups is 1. The van der Waals surface area contributed by atoms with Crippen LogP contribution >= 0.6 is 0 Å². The molecule has 1 unspecified atom stereocenters. The number of β-amino-alcohol motifs (C(OH)–C–C–N with tert-alkyl or cyclic N) is 1. The maximum Gasteiger partial charge on any atom is 0.305 e. The van der Waals surface area contributed by atoms with Gasteiger partial charge in [-0.25, -0.2) is 0 Å². The zero-order valence-corrected chi connectivity index (χ0v) is 23.6. The van der Waals surface area contributed by atoms with Gasteiger partial charge in [0.25, 0.3) is 5.91 Å². The lowest BCUT2D eigenvalue weighted by molar-refractivity contribution is -0.137. The normalized spacial score (nSPS) is 15.0. The van der Waals surface area contributed by atoms with Crippen LogP contribution in [0.5, 0.6) is 5.75 Å². The molecule has 0 saturated carbocycles. The van der Waals surface area contributed by atoms with E-state index in [4.69, 9.17) is 5.73 Å². The van der Waals surface area contributed by atoms with Crippen LogP contribution in [0.2, 0.25) is 0 Å². The van der Waals surface area contributed by atoms with Crippen LogP contribution < -0.4 is 27.0 Å². The summed E-state index contributed by atoms with van der Waals surface area (Å²) in [7, 11) is 0. The second-order valence-electron chi connectivity index (χ2n) is 10.4. The molecular weight excluding hydrogens is 564 g/mol. The first-order chi connectivity index (χ1) is 21.2. The number of benzene rings is 4. The summed E-state index contributed by atoms with van der Waals surface area (Å²) in [6.07, 6.45) is -0.956. The number of aliphatic carboxylic acids is 1. The van der Waals surface area contributed by atoms with E-state index >= 15 is 0 Å². The van der Waals surface area contributed by atoms with Crippen molar-refractivity contribution in [1.82, 2.24) is 16.0 Å². The van der Waals surface area contributed by atoms with Gasteiger partial charge in [0.2, 0.25) is 5.91 Å². The van der Waals surface area contributed by atoms with Crippen molar-refractivity contribution >= 4 is 45.9 Å². The second kappa shape index (κ2) is 13.1. The molecular formula is C32H32N6O6. The Labute approximate surface area is 252 Å². The minimum absolute atomic E-state index is 0.0876. The monoisotopic (exact) mass is 596 g/mol. The third kappa shape index (κ3) is 7.23. The molecule has 4 aromatic carbocycles. The van der Waals surface area contributed by atoms with Crippen LogP contribution in [0, 0.1) is 0 Å². The number of amides is 2. The fraction of sp³-hybridized carbons (Fsp3) is 0.188. The molecule has 0 saturated heterocycles. The number of hydrogen-bond donors (Lipinski definition) is 8. The molecule has 0 spiro atoms. The summed E-state index contributed by atoms with van der Waals surface area (Å²) in [5.41, 5.74) is 9.73. The maximum absolute atomic E-state index is 12.8. The average Bonchev–Trinajstić information content (AvgIpc) is 3.01. The van der Waals surface area contributed by atoms with Crippen molar-refractivity contribution in [1.29, 1.82) is 0 Å². The second-order valence-corrected chi connectivity index (χ2v) is 10.4. The Balaban J connectivity index is 1.24. The topological polar surface area (TPSA) is 198 Å². The molecule has 5 rings (SSSR count). The number of guanidine groups is 1. The predicted octanol–water partition coefficient (Wildman–Crippen LogP) is 2.59. The van der Waals surface area contributed by atoms with Crippen molar-refractivity contribution in [2.24, 2.45) is 4.99 Å². The Kier molecular flexibility index (Phi) is 8.91. The number of carboxylic acids is 1. The van der Waals surface area contributed by atoms with Gasteiger partial charge in [0.05, 0.1) is 31.7 Å². The molecule has 0 aromatic heterocycles. The first kappa shape index (κ1) is 29.9. The zero-order valence-electron chi connectivity index (χ0n) is 23.6. The highest BCUT2D eigenvalue weighted by Crippen LogP contribution is 2.33. The van der Waals surface area contributed by atoms with Gasteiger partial charge in [-0.1, -0.05) is 54.6 Å². The Morgan fingerprint density at radius 1 is 1.00 bits per heavy atom. The van der Waals surface area contributed by atoms with Crippen LogP contribution in [-0.2, 0) is 9.59 Å². The SMILES string of the molecule is Nc1ccc(-c2ccc([C@H](CC(=O)O)NC(=O)CNC(=O)c3cc(O)cc(NC4=NCC(O)CN4)c3)cc2)c2ccccc12. The molecule has 1 aliphatic rings. The number of aliphatic hydroxyl groups excluding tert-OH is 1. The number of hydrogen-bond acceptors (Lipinski definition) is 9. The summed E-state index contributed by atoms with van der Waals surface area (Å²) >= 11 is 0. The van der Waals surface area contributed by atoms with Crippen molar-refractivity contribution in [2.75, 3.05) is 30.7 Å². The highest BCUT2D eigenvalue weighted by atomic mass is 16.4. The molecule has 1 aliphatic heterocycles. The van der Waals surface area contributed by atoms with E-state index in [9.17, 15) is 29.7 Å². The molecule has 0 radical (unpaired) electrons. The molecule has 12 nitrogen and oxygen atoms in total. The van der Waals surface area contributed by atoms with E-state index < -0.39 is 36.5 Å². The lowest BCUT2D eigenvalue weighted by Crippen LogP contribution is -2.42. The number of phenols is 1. The van der Waals surface area contributed by atoms with Crippen LogP contribution in [0.3, 0.4) is 0 Å². The number of anilines is 2. The summed E-state index contributed by atoms with van der Waals surface area (Å²) in [4.78, 5) is 41.4. The number of aromatic hydroxyl groups is 1. The molecule has 226 valence electrons. The quantitative estimate of drug-likeness (QED) is 0.134. The van der Waals surface area contributed by atoms with Crippen LogP contribution in [-0.4, -0.2) is 64.8 Å². The van der Waals surface area contributed by atoms with Crippen molar-refractivity contribution in [3.8, 4) is 16.9 Å². The van der Waals surface area contributed by atoms with Gasteiger partial charge in [-0.2, -0.15) is 0 Å². The number of nitrogens with two attached hydrogens (primary N) is 1. The Hall–Kier alpha value is -5.62. The van der Waals surface area contributed by atoms with Gasteiger partial charge >= 0.3 is 5.97 Å². The first-order valence-electron chi connectivity index (χ1n) is 13.9. The summed E-state index contributed by atoms with van der Waals surface area (Å²) in [6, 6.07) is 22.1. The Bertz CT molecular complexity index is 1740. The lowest BCUT2D eigenvalue weighted by atomic mass is 9.95. The third-order valence-electron chi connectivity index (χ3n) is 7.11. The molecule has 4 aromatic rings. The number of aliphatic hydroxyl groups is 1. The fourth-order valence-electron chi connectivity index (χ4n) is 4.97. The Morgan fingerprint density at radius 2 is 1.75 bits per heavy atom. The molecule has 44 heavy (non-hydrogen) atoms. The van der Waals surface area contributed by atoms with E-state index in [0.717, 1.165) is 21.9 Å². The third-order valence-corrected chi connectivity index (χ3v) is 7.11. The molecule has 0 bridgehead atoms. The largest absolute Gasteiger partial charge is 0.508 e. The van der Waals surface area contributed by atoms with Crippen molar-refractivity contribution in [2.45, 2.75) is 18.6 Å². The maximum atomic E-state index is 12.8. The van der Waals surface area contributed by atoms with Crippen LogP contribution in [0.1, 0.15) is 28.4 Å². The van der Waals surface area contributed by atoms with E-state index in [1.807, 2.05) is 48.5 Å². The number of carboxylic acid groups (broad SMARTS) is 1.